The highest BCUT2D eigenvalue weighted by molar-refractivity contribution is 6.00. The maximum absolute atomic E-state index is 12.9. The molecule has 3 rings (SSSR count). The number of carbonyl (C=O) groups excluding carboxylic acids is 2. The number of ether oxygens (including phenoxy) is 3. The molecule has 0 saturated carbocycles. The number of nitrogens with zero attached hydrogens (tertiary/aromatic N) is 1. The van der Waals surface area contributed by atoms with E-state index < -0.39 is 6.04 Å². The van der Waals surface area contributed by atoms with E-state index in [0.29, 0.717) is 41.6 Å². The zero-order chi connectivity index (χ0) is 20.8. The predicted octanol–water partition coefficient (Wildman–Crippen LogP) is 3.35. The summed E-state index contributed by atoms with van der Waals surface area (Å²) in [7, 11) is 4.62. The largest absolute Gasteiger partial charge is 0.497 e. The fourth-order valence-electron chi connectivity index (χ4n) is 3.35. The van der Waals surface area contributed by atoms with Gasteiger partial charge in [0.05, 0.1) is 32.7 Å². The molecule has 8 heteroatoms. The summed E-state index contributed by atoms with van der Waals surface area (Å²) in [4.78, 5) is 27.3. The third kappa shape index (κ3) is 4.53. The second-order valence-electron chi connectivity index (χ2n) is 6.54. The van der Waals surface area contributed by atoms with Crippen LogP contribution in [0.15, 0.2) is 42.5 Å². The van der Waals surface area contributed by atoms with E-state index in [4.69, 9.17) is 14.2 Å². The molecule has 29 heavy (non-hydrogen) atoms. The van der Waals surface area contributed by atoms with Crippen molar-refractivity contribution < 1.29 is 23.8 Å². The summed E-state index contributed by atoms with van der Waals surface area (Å²) in [5.74, 6) is 1.40. The maximum atomic E-state index is 12.9. The number of hydrogen-bond donors (Lipinski definition) is 2. The summed E-state index contributed by atoms with van der Waals surface area (Å²) in [6, 6.07) is 11.4. The molecular formula is C21H25N3O5. The molecule has 0 bridgehead atoms. The lowest BCUT2D eigenvalue weighted by Crippen LogP contribution is -2.45. The third-order valence-corrected chi connectivity index (χ3v) is 4.83. The molecule has 0 spiro atoms. The molecular weight excluding hydrogens is 374 g/mol. The number of para-hydroxylation sites is 2. The van der Waals surface area contributed by atoms with Gasteiger partial charge < -0.3 is 29.7 Å². The molecule has 2 aromatic carbocycles. The second-order valence-corrected chi connectivity index (χ2v) is 6.54. The zero-order valence-electron chi connectivity index (χ0n) is 16.7. The van der Waals surface area contributed by atoms with E-state index >= 15 is 0 Å². The Labute approximate surface area is 169 Å². The van der Waals surface area contributed by atoms with Gasteiger partial charge in [0.15, 0.2) is 0 Å². The Hall–Kier alpha value is -3.42. The monoisotopic (exact) mass is 399 g/mol. The number of urea groups is 1. The van der Waals surface area contributed by atoms with Crippen molar-refractivity contribution in [3.05, 3.63) is 42.5 Å². The molecule has 0 unspecified atom stereocenters. The Morgan fingerprint density at radius 2 is 1.66 bits per heavy atom. The lowest BCUT2D eigenvalue weighted by Gasteiger charge is -2.25. The highest BCUT2D eigenvalue weighted by Crippen LogP contribution is 2.30. The molecule has 1 aliphatic heterocycles. The Balaban J connectivity index is 1.73. The number of methoxy groups -OCH3 is 3. The van der Waals surface area contributed by atoms with Gasteiger partial charge in [-0.05, 0) is 37.1 Å². The van der Waals surface area contributed by atoms with Gasteiger partial charge in [-0.1, -0.05) is 12.1 Å². The number of likely N-dealkylation sites (tertiary alicyclic amines) is 1. The first-order valence-corrected chi connectivity index (χ1v) is 9.31. The van der Waals surface area contributed by atoms with Crippen LogP contribution < -0.4 is 24.8 Å². The van der Waals surface area contributed by atoms with E-state index in [0.717, 1.165) is 6.42 Å². The number of rotatable bonds is 6. The summed E-state index contributed by atoms with van der Waals surface area (Å²) < 4.78 is 15.8. The Morgan fingerprint density at radius 1 is 0.931 bits per heavy atom. The summed E-state index contributed by atoms with van der Waals surface area (Å²) in [6.07, 6.45) is 1.32. The molecule has 0 aliphatic carbocycles. The molecule has 0 radical (unpaired) electrons. The minimum Gasteiger partial charge on any atom is -0.497 e. The summed E-state index contributed by atoms with van der Waals surface area (Å²) >= 11 is 0. The van der Waals surface area contributed by atoms with Gasteiger partial charge in [-0.3, -0.25) is 4.79 Å². The molecule has 0 aromatic heterocycles. The topological polar surface area (TPSA) is 89.1 Å². The van der Waals surface area contributed by atoms with Crippen molar-refractivity contribution >= 4 is 23.3 Å². The summed E-state index contributed by atoms with van der Waals surface area (Å²) in [5.41, 5.74) is 1.05. The lowest BCUT2D eigenvalue weighted by atomic mass is 10.2. The van der Waals surface area contributed by atoms with Gasteiger partial charge in [0.25, 0.3) is 0 Å². The molecule has 1 fully saturated rings. The number of nitrogens with one attached hydrogen (secondary N) is 2. The fraction of sp³-hybridized carbons (Fsp3) is 0.333. The van der Waals surface area contributed by atoms with Crippen LogP contribution in [0.25, 0.3) is 0 Å². The van der Waals surface area contributed by atoms with Crippen molar-refractivity contribution in [3.8, 4) is 17.2 Å². The number of amides is 3. The number of hydrogen-bond acceptors (Lipinski definition) is 5. The number of carbonyl (C=O) groups is 2. The summed E-state index contributed by atoms with van der Waals surface area (Å²) in [5, 5.41) is 5.69. The first-order chi connectivity index (χ1) is 14.1. The lowest BCUT2D eigenvalue weighted by molar-refractivity contribution is -0.119. The molecule has 154 valence electrons. The zero-order valence-corrected chi connectivity index (χ0v) is 16.7. The molecule has 8 nitrogen and oxygen atoms in total. The van der Waals surface area contributed by atoms with Crippen molar-refractivity contribution in [2.45, 2.75) is 18.9 Å². The fourth-order valence-corrected chi connectivity index (χ4v) is 3.35. The van der Waals surface area contributed by atoms with Gasteiger partial charge in [-0.25, -0.2) is 4.79 Å². The van der Waals surface area contributed by atoms with Crippen LogP contribution in [-0.4, -0.2) is 50.8 Å². The molecule has 1 saturated heterocycles. The van der Waals surface area contributed by atoms with Crippen LogP contribution in [0.1, 0.15) is 12.8 Å². The minimum atomic E-state index is -0.583. The van der Waals surface area contributed by atoms with E-state index in [1.54, 1.807) is 50.6 Å². The van der Waals surface area contributed by atoms with E-state index in [-0.39, 0.29) is 11.9 Å². The minimum absolute atomic E-state index is 0.274. The van der Waals surface area contributed by atoms with Crippen LogP contribution in [-0.2, 0) is 4.79 Å². The quantitative estimate of drug-likeness (QED) is 0.778. The van der Waals surface area contributed by atoms with Crippen molar-refractivity contribution in [2.24, 2.45) is 0 Å². The van der Waals surface area contributed by atoms with Crippen LogP contribution in [0.4, 0.5) is 16.2 Å². The number of benzene rings is 2. The van der Waals surface area contributed by atoms with Crippen molar-refractivity contribution in [1.29, 1.82) is 0 Å². The van der Waals surface area contributed by atoms with Crippen LogP contribution in [0.5, 0.6) is 17.2 Å². The van der Waals surface area contributed by atoms with Gasteiger partial charge in [0, 0.05) is 12.6 Å². The smallest absolute Gasteiger partial charge is 0.322 e. The van der Waals surface area contributed by atoms with Crippen LogP contribution in [0.2, 0.25) is 0 Å². The van der Waals surface area contributed by atoms with E-state index in [1.165, 1.54) is 12.0 Å². The first kappa shape index (κ1) is 20.3. The van der Waals surface area contributed by atoms with Gasteiger partial charge >= 0.3 is 6.03 Å². The standard InChI is InChI=1S/C21H25N3O5/c1-27-14-10-11-19(29-3)16(13-14)22-20(25)17-8-6-12-24(17)21(26)23-15-7-4-5-9-18(15)28-2/h4-5,7,9-11,13,17H,6,8,12H2,1-3H3,(H,22,25)(H,23,26)/t17-/m1/s1. The van der Waals surface area contributed by atoms with Gasteiger partial charge in [-0.2, -0.15) is 0 Å². The molecule has 1 aliphatic rings. The Morgan fingerprint density at radius 3 is 2.38 bits per heavy atom. The highest BCUT2D eigenvalue weighted by atomic mass is 16.5. The van der Waals surface area contributed by atoms with E-state index in [2.05, 4.69) is 10.6 Å². The molecule has 1 atom stereocenters. The van der Waals surface area contributed by atoms with E-state index in [9.17, 15) is 9.59 Å². The SMILES string of the molecule is COc1ccc(OC)c(NC(=O)[C@H]2CCCN2C(=O)Nc2ccccc2OC)c1. The van der Waals surface area contributed by atoms with Gasteiger partial charge in [0.2, 0.25) is 5.91 Å². The molecule has 1 heterocycles. The average molecular weight is 399 g/mol. The van der Waals surface area contributed by atoms with Crippen molar-refractivity contribution in [2.75, 3.05) is 38.5 Å². The number of anilines is 2. The average Bonchev–Trinajstić information content (AvgIpc) is 3.24. The van der Waals surface area contributed by atoms with Gasteiger partial charge in [-0.15, -0.1) is 0 Å². The van der Waals surface area contributed by atoms with Crippen LogP contribution in [0.3, 0.4) is 0 Å². The second kappa shape index (κ2) is 9.18. The summed E-state index contributed by atoms with van der Waals surface area (Å²) in [6.45, 7) is 0.494. The first-order valence-electron chi connectivity index (χ1n) is 9.31. The van der Waals surface area contributed by atoms with E-state index in [1.807, 2.05) is 6.07 Å². The Kier molecular flexibility index (Phi) is 6.43. The van der Waals surface area contributed by atoms with Crippen LogP contribution in [0, 0.1) is 0 Å². The molecule has 2 aromatic rings. The van der Waals surface area contributed by atoms with Crippen LogP contribution >= 0.6 is 0 Å². The van der Waals surface area contributed by atoms with Crippen molar-refractivity contribution in [1.82, 2.24) is 4.90 Å². The Bertz CT molecular complexity index is 886. The van der Waals surface area contributed by atoms with Crippen molar-refractivity contribution in [3.63, 3.8) is 0 Å². The molecule has 3 amide bonds. The van der Waals surface area contributed by atoms with Gasteiger partial charge in [0.1, 0.15) is 23.3 Å². The predicted molar refractivity (Wildman–Crippen MR) is 110 cm³/mol. The highest BCUT2D eigenvalue weighted by Gasteiger charge is 2.34. The maximum Gasteiger partial charge on any atom is 0.322 e. The molecule has 2 N–H and O–H groups in total. The third-order valence-electron chi connectivity index (χ3n) is 4.83. The normalized spacial score (nSPS) is 15.6.